The lowest BCUT2D eigenvalue weighted by atomic mass is 9.85. The molecule has 0 unspecified atom stereocenters. The second-order valence-corrected chi connectivity index (χ2v) is 8.48. The normalized spacial score (nSPS) is 11.9. The van der Waals surface area contributed by atoms with Crippen molar-refractivity contribution >= 4 is 0 Å². The summed E-state index contributed by atoms with van der Waals surface area (Å²) < 4.78 is 0. The summed E-state index contributed by atoms with van der Waals surface area (Å²) in [5, 5.41) is 11.0. The van der Waals surface area contributed by atoms with Crippen molar-refractivity contribution in [3.05, 3.63) is 102 Å². The molecule has 0 atom stereocenters. The molecule has 1 nitrogen and oxygen atoms in total. The minimum atomic E-state index is 0.355. The second kappa shape index (κ2) is 8.43. The molecule has 154 valence electrons. The van der Waals surface area contributed by atoms with Crippen LogP contribution in [0.5, 0.6) is 5.75 Å². The van der Waals surface area contributed by atoms with Crippen molar-refractivity contribution in [2.45, 2.75) is 39.0 Å². The van der Waals surface area contributed by atoms with Gasteiger partial charge in [-0.25, -0.2) is 0 Å². The molecule has 5 rings (SSSR count). The number of phenols is 1. The lowest BCUT2D eigenvalue weighted by Crippen LogP contribution is -1.98. The van der Waals surface area contributed by atoms with Crippen molar-refractivity contribution in [1.82, 2.24) is 0 Å². The average molecular weight is 405 g/mol. The zero-order chi connectivity index (χ0) is 21.2. The van der Waals surface area contributed by atoms with E-state index in [1.807, 2.05) is 24.3 Å². The number of hydrogen-bond donors (Lipinski definition) is 1. The molecule has 1 aliphatic carbocycles. The first-order valence-corrected chi connectivity index (χ1v) is 11.4. The third kappa shape index (κ3) is 3.55. The van der Waals surface area contributed by atoms with E-state index in [0.717, 1.165) is 30.4 Å². The SMILES string of the molecule is CCCCCc1ccc(O)c(-c2ccccc2)c1-c1cccc2c1Cc1ccccc1-2. The third-order valence-electron chi connectivity index (χ3n) is 6.50. The maximum atomic E-state index is 11.0. The Kier molecular flexibility index (Phi) is 5.34. The fourth-order valence-electron chi connectivity index (χ4n) is 5.00. The van der Waals surface area contributed by atoms with Gasteiger partial charge in [0, 0.05) is 5.56 Å². The highest BCUT2D eigenvalue weighted by molar-refractivity contribution is 5.94. The molecule has 4 aromatic rings. The molecule has 0 fully saturated rings. The second-order valence-electron chi connectivity index (χ2n) is 8.48. The first-order chi connectivity index (χ1) is 15.3. The quantitative estimate of drug-likeness (QED) is 0.284. The molecule has 0 aliphatic heterocycles. The van der Waals surface area contributed by atoms with Crippen LogP contribution in [-0.2, 0) is 12.8 Å². The number of rotatable bonds is 6. The van der Waals surface area contributed by atoms with Crippen LogP contribution in [0.4, 0.5) is 0 Å². The van der Waals surface area contributed by atoms with Crippen LogP contribution in [0.1, 0.15) is 42.9 Å². The molecule has 0 aromatic heterocycles. The lowest BCUT2D eigenvalue weighted by Gasteiger charge is -2.20. The monoisotopic (exact) mass is 404 g/mol. The van der Waals surface area contributed by atoms with Crippen LogP contribution < -0.4 is 0 Å². The topological polar surface area (TPSA) is 20.2 Å². The fourth-order valence-corrected chi connectivity index (χ4v) is 5.00. The van der Waals surface area contributed by atoms with Crippen molar-refractivity contribution in [3.63, 3.8) is 0 Å². The molecule has 4 aromatic carbocycles. The van der Waals surface area contributed by atoms with Crippen LogP contribution in [0.2, 0.25) is 0 Å². The maximum Gasteiger partial charge on any atom is 0.124 e. The summed E-state index contributed by atoms with van der Waals surface area (Å²) in [5.74, 6) is 0.355. The molecular formula is C30H28O. The molecule has 0 saturated carbocycles. The minimum absolute atomic E-state index is 0.355. The Morgan fingerprint density at radius 3 is 2.26 bits per heavy atom. The van der Waals surface area contributed by atoms with Crippen molar-refractivity contribution in [3.8, 4) is 39.1 Å². The zero-order valence-corrected chi connectivity index (χ0v) is 18.1. The molecule has 0 amide bonds. The minimum Gasteiger partial charge on any atom is -0.507 e. The standard InChI is InChI=1S/C30H28O/c1-2-3-5-11-22-18-19-28(31)30(21-12-6-4-7-13-21)29(22)26-17-10-16-25-24-15-9-8-14-23(24)20-27(25)26/h4,6-10,12-19,31H,2-3,5,11,20H2,1H3. The number of aromatic hydroxyl groups is 1. The van der Waals surface area contributed by atoms with E-state index in [-0.39, 0.29) is 0 Å². The Morgan fingerprint density at radius 1 is 0.677 bits per heavy atom. The van der Waals surface area contributed by atoms with Gasteiger partial charge in [-0.1, -0.05) is 98.6 Å². The number of fused-ring (bicyclic) bond motifs is 3. The summed E-state index contributed by atoms with van der Waals surface area (Å²) in [6, 6.07) is 29.7. The van der Waals surface area contributed by atoms with Gasteiger partial charge < -0.3 is 5.11 Å². The molecule has 0 spiro atoms. The van der Waals surface area contributed by atoms with Crippen LogP contribution in [-0.4, -0.2) is 5.11 Å². The van der Waals surface area contributed by atoms with Crippen molar-refractivity contribution in [1.29, 1.82) is 0 Å². The largest absolute Gasteiger partial charge is 0.507 e. The first-order valence-electron chi connectivity index (χ1n) is 11.4. The molecular weight excluding hydrogens is 376 g/mol. The maximum absolute atomic E-state index is 11.0. The van der Waals surface area contributed by atoms with Gasteiger partial charge in [-0.2, -0.15) is 0 Å². The molecule has 0 saturated heterocycles. The third-order valence-corrected chi connectivity index (χ3v) is 6.50. The summed E-state index contributed by atoms with van der Waals surface area (Å²) in [7, 11) is 0. The molecule has 1 aliphatic rings. The number of hydrogen-bond acceptors (Lipinski definition) is 1. The van der Waals surface area contributed by atoms with E-state index in [1.54, 1.807) is 0 Å². The molecule has 0 radical (unpaired) electrons. The van der Waals surface area contributed by atoms with Gasteiger partial charge in [-0.15, -0.1) is 0 Å². The highest BCUT2D eigenvalue weighted by atomic mass is 16.3. The van der Waals surface area contributed by atoms with Crippen molar-refractivity contribution in [2.75, 3.05) is 0 Å². The Labute approximate surface area is 185 Å². The summed E-state index contributed by atoms with van der Waals surface area (Å²) in [4.78, 5) is 0. The van der Waals surface area contributed by atoms with Gasteiger partial charge >= 0.3 is 0 Å². The molecule has 0 heterocycles. The van der Waals surface area contributed by atoms with E-state index in [2.05, 4.69) is 67.6 Å². The van der Waals surface area contributed by atoms with E-state index in [4.69, 9.17) is 0 Å². The van der Waals surface area contributed by atoms with E-state index in [0.29, 0.717) is 5.75 Å². The van der Waals surface area contributed by atoms with Crippen LogP contribution in [0.3, 0.4) is 0 Å². The zero-order valence-electron chi connectivity index (χ0n) is 18.1. The van der Waals surface area contributed by atoms with Crippen LogP contribution in [0.15, 0.2) is 84.9 Å². The fraction of sp³-hybridized carbons (Fsp3) is 0.200. The van der Waals surface area contributed by atoms with Crippen molar-refractivity contribution < 1.29 is 5.11 Å². The Bertz CT molecular complexity index is 1220. The number of benzene rings is 4. The summed E-state index contributed by atoms with van der Waals surface area (Å²) in [6.45, 7) is 2.24. The summed E-state index contributed by atoms with van der Waals surface area (Å²) >= 11 is 0. The highest BCUT2D eigenvalue weighted by Gasteiger charge is 2.25. The summed E-state index contributed by atoms with van der Waals surface area (Å²) in [5.41, 5.74) is 11.3. The van der Waals surface area contributed by atoms with Gasteiger partial charge in [0.2, 0.25) is 0 Å². The van der Waals surface area contributed by atoms with Gasteiger partial charge in [0.15, 0.2) is 0 Å². The smallest absolute Gasteiger partial charge is 0.124 e. The van der Waals surface area contributed by atoms with Crippen LogP contribution >= 0.6 is 0 Å². The molecule has 1 N–H and O–H groups in total. The number of phenolic OH excluding ortho intramolecular Hbond substituents is 1. The van der Waals surface area contributed by atoms with E-state index < -0.39 is 0 Å². The first kappa shape index (κ1) is 19.6. The average Bonchev–Trinajstić information content (AvgIpc) is 3.19. The molecule has 0 bridgehead atoms. The van der Waals surface area contributed by atoms with Gasteiger partial charge in [0.25, 0.3) is 0 Å². The van der Waals surface area contributed by atoms with E-state index in [1.165, 1.54) is 51.8 Å². The van der Waals surface area contributed by atoms with Gasteiger partial charge in [0.05, 0.1) is 0 Å². The van der Waals surface area contributed by atoms with Gasteiger partial charge in [-0.05, 0) is 69.8 Å². The lowest BCUT2D eigenvalue weighted by molar-refractivity contribution is 0.477. The summed E-state index contributed by atoms with van der Waals surface area (Å²) in [6.07, 6.45) is 5.56. The Hall–Kier alpha value is -3.32. The van der Waals surface area contributed by atoms with Crippen LogP contribution in [0, 0.1) is 0 Å². The molecule has 1 heteroatoms. The van der Waals surface area contributed by atoms with Crippen molar-refractivity contribution in [2.24, 2.45) is 0 Å². The van der Waals surface area contributed by atoms with Gasteiger partial charge in [-0.3, -0.25) is 0 Å². The Balaban J connectivity index is 1.75. The van der Waals surface area contributed by atoms with Gasteiger partial charge in [0.1, 0.15) is 5.75 Å². The van der Waals surface area contributed by atoms with Crippen LogP contribution in [0.25, 0.3) is 33.4 Å². The number of unbranched alkanes of at least 4 members (excludes halogenated alkanes) is 2. The predicted molar refractivity (Wildman–Crippen MR) is 130 cm³/mol. The van der Waals surface area contributed by atoms with E-state index in [9.17, 15) is 5.11 Å². The Morgan fingerprint density at radius 2 is 1.42 bits per heavy atom. The predicted octanol–water partition coefficient (Wildman–Crippen LogP) is 8.03. The molecule has 31 heavy (non-hydrogen) atoms. The number of aryl methyl sites for hydroxylation is 1. The highest BCUT2D eigenvalue weighted by Crippen LogP contribution is 2.47. The van der Waals surface area contributed by atoms with E-state index >= 15 is 0 Å².